The summed E-state index contributed by atoms with van der Waals surface area (Å²) in [6.07, 6.45) is 0. The second kappa shape index (κ2) is 5.96. The number of hydrogen-bond acceptors (Lipinski definition) is 5. The van der Waals surface area contributed by atoms with E-state index < -0.39 is 5.63 Å². The second-order valence-corrected chi connectivity index (χ2v) is 5.04. The van der Waals surface area contributed by atoms with Crippen molar-refractivity contribution >= 4 is 22.4 Å². The zero-order chi connectivity index (χ0) is 16.4. The number of hydrogen-bond donors (Lipinski definition) is 1. The summed E-state index contributed by atoms with van der Waals surface area (Å²) in [5.41, 5.74) is 1.51. The van der Waals surface area contributed by atoms with Gasteiger partial charge in [-0.05, 0) is 31.2 Å². The molecule has 3 aromatic rings. The van der Waals surface area contributed by atoms with Crippen molar-refractivity contribution in [1.29, 1.82) is 0 Å². The van der Waals surface area contributed by atoms with E-state index in [4.69, 9.17) is 9.15 Å². The highest BCUT2D eigenvalue weighted by molar-refractivity contribution is 6.01. The van der Waals surface area contributed by atoms with Crippen LogP contribution < -0.4 is 10.4 Å². The third-order valence-corrected chi connectivity index (χ3v) is 3.49. The Morgan fingerprint density at radius 3 is 2.70 bits per heavy atom. The number of fused-ring (bicyclic) bond motifs is 1. The standard InChI is InChI=1S/C18H15NO4/c1-11(19-13-7-8-17(22-2)15(20)10-13)14-9-12-5-3-4-6-16(12)23-18(14)21/h3-10,20H,1-2H3. The van der Waals surface area contributed by atoms with E-state index in [2.05, 4.69) is 4.99 Å². The number of aromatic hydroxyl groups is 1. The molecular formula is C18H15NO4. The van der Waals surface area contributed by atoms with E-state index >= 15 is 0 Å². The molecule has 0 aliphatic rings. The molecule has 0 amide bonds. The van der Waals surface area contributed by atoms with Gasteiger partial charge >= 0.3 is 5.63 Å². The quantitative estimate of drug-likeness (QED) is 0.592. The fourth-order valence-corrected chi connectivity index (χ4v) is 2.32. The Kier molecular flexibility index (Phi) is 3.85. The van der Waals surface area contributed by atoms with Gasteiger partial charge in [0.05, 0.1) is 24.1 Å². The van der Waals surface area contributed by atoms with Crippen molar-refractivity contribution < 1.29 is 14.3 Å². The van der Waals surface area contributed by atoms with Crippen LogP contribution in [0.5, 0.6) is 11.5 Å². The number of ether oxygens (including phenoxy) is 1. The minimum absolute atomic E-state index is 0.00732. The van der Waals surface area contributed by atoms with E-state index in [0.29, 0.717) is 28.3 Å². The molecule has 0 fully saturated rings. The lowest BCUT2D eigenvalue weighted by Crippen LogP contribution is -2.11. The molecule has 23 heavy (non-hydrogen) atoms. The van der Waals surface area contributed by atoms with Crippen LogP contribution in [0.4, 0.5) is 5.69 Å². The molecule has 0 aliphatic carbocycles. The maximum absolute atomic E-state index is 12.1. The molecular weight excluding hydrogens is 294 g/mol. The van der Waals surface area contributed by atoms with Crippen LogP contribution in [-0.2, 0) is 0 Å². The van der Waals surface area contributed by atoms with Crippen LogP contribution in [0.3, 0.4) is 0 Å². The van der Waals surface area contributed by atoms with E-state index in [1.807, 2.05) is 18.2 Å². The normalized spacial score (nSPS) is 11.7. The summed E-state index contributed by atoms with van der Waals surface area (Å²) < 4.78 is 10.3. The van der Waals surface area contributed by atoms with Gasteiger partial charge in [-0.3, -0.25) is 4.99 Å². The van der Waals surface area contributed by atoms with Crippen LogP contribution in [0, 0.1) is 0 Å². The highest BCUT2D eigenvalue weighted by Gasteiger charge is 2.09. The van der Waals surface area contributed by atoms with Gasteiger partial charge < -0.3 is 14.3 Å². The van der Waals surface area contributed by atoms with Gasteiger partial charge in [-0.2, -0.15) is 0 Å². The Hall–Kier alpha value is -3.08. The first-order chi connectivity index (χ1) is 11.1. The van der Waals surface area contributed by atoms with Crippen molar-refractivity contribution in [3.8, 4) is 11.5 Å². The summed E-state index contributed by atoms with van der Waals surface area (Å²) in [7, 11) is 1.48. The van der Waals surface area contributed by atoms with E-state index in [1.54, 1.807) is 31.2 Å². The molecule has 0 bridgehead atoms. The zero-order valence-electron chi connectivity index (χ0n) is 12.7. The molecule has 0 spiro atoms. The topological polar surface area (TPSA) is 72.0 Å². The lowest BCUT2D eigenvalue weighted by Gasteiger charge is -2.05. The van der Waals surface area contributed by atoms with Crippen LogP contribution in [0.2, 0.25) is 0 Å². The van der Waals surface area contributed by atoms with E-state index in [-0.39, 0.29) is 5.75 Å². The predicted molar refractivity (Wildman–Crippen MR) is 89.0 cm³/mol. The van der Waals surface area contributed by atoms with Gasteiger partial charge in [0.1, 0.15) is 5.58 Å². The molecule has 0 radical (unpaired) electrons. The molecule has 1 aromatic heterocycles. The third-order valence-electron chi connectivity index (χ3n) is 3.49. The minimum atomic E-state index is -0.442. The van der Waals surface area contributed by atoms with Gasteiger partial charge in [-0.1, -0.05) is 18.2 Å². The summed E-state index contributed by atoms with van der Waals surface area (Å²) in [4.78, 5) is 16.5. The van der Waals surface area contributed by atoms with Crippen molar-refractivity contribution in [1.82, 2.24) is 0 Å². The molecule has 0 atom stereocenters. The number of phenolic OH excluding ortho intramolecular Hbond substituents is 1. The van der Waals surface area contributed by atoms with E-state index in [9.17, 15) is 9.90 Å². The van der Waals surface area contributed by atoms with Gasteiger partial charge in [0, 0.05) is 11.5 Å². The highest BCUT2D eigenvalue weighted by Crippen LogP contribution is 2.30. The van der Waals surface area contributed by atoms with Crippen LogP contribution in [0.25, 0.3) is 11.0 Å². The SMILES string of the molecule is COc1ccc(N=C(C)c2cc3ccccc3oc2=O)cc1O. The summed E-state index contributed by atoms with van der Waals surface area (Å²) in [5, 5.41) is 10.6. The van der Waals surface area contributed by atoms with Crippen molar-refractivity contribution in [3.05, 3.63) is 64.5 Å². The predicted octanol–water partition coefficient (Wildman–Crippen LogP) is 3.65. The smallest absolute Gasteiger partial charge is 0.345 e. The van der Waals surface area contributed by atoms with Crippen molar-refractivity contribution in [2.75, 3.05) is 7.11 Å². The first kappa shape index (κ1) is 14.8. The van der Waals surface area contributed by atoms with Gasteiger partial charge in [-0.15, -0.1) is 0 Å². The van der Waals surface area contributed by atoms with Gasteiger partial charge in [-0.25, -0.2) is 4.79 Å². The Morgan fingerprint density at radius 1 is 1.17 bits per heavy atom. The molecule has 0 unspecified atom stereocenters. The monoisotopic (exact) mass is 309 g/mol. The largest absolute Gasteiger partial charge is 0.504 e. The van der Waals surface area contributed by atoms with Gasteiger partial charge in [0.2, 0.25) is 0 Å². The number of aliphatic imine (C=N–C) groups is 1. The maximum Gasteiger partial charge on any atom is 0.345 e. The molecule has 1 N–H and O–H groups in total. The lowest BCUT2D eigenvalue weighted by molar-refractivity contribution is 0.373. The Morgan fingerprint density at radius 2 is 1.96 bits per heavy atom. The van der Waals surface area contributed by atoms with Crippen LogP contribution in [-0.4, -0.2) is 17.9 Å². The molecule has 5 nitrogen and oxygen atoms in total. The van der Waals surface area contributed by atoms with Crippen molar-refractivity contribution in [3.63, 3.8) is 0 Å². The number of para-hydroxylation sites is 1. The highest BCUT2D eigenvalue weighted by atomic mass is 16.5. The molecule has 116 valence electrons. The van der Waals surface area contributed by atoms with Crippen LogP contribution in [0.15, 0.2) is 62.7 Å². The average molecular weight is 309 g/mol. The van der Waals surface area contributed by atoms with Crippen LogP contribution >= 0.6 is 0 Å². The fraction of sp³-hybridized carbons (Fsp3) is 0.111. The van der Waals surface area contributed by atoms with E-state index in [0.717, 1.165) is 5.39 Å². The summed E-state index contributed by atoms with van der Waals surface area (Å²) in [6.45, 7) is 1.72. The lowest BCUT2D eigenvalue weighted by atomic mass is 10.1. The molecule has 3 rings (SSSR count). The number of phenols is 1. The molecule has 0 saturated carbocycles. The summed E-state index contributed by atoms with van der Waals surface area (Å²) >= 11 is 0. The Bertz CT molecular complexity index is 957. The van der Waals surface area contributed by atoms with Crippen molar-refractivity contribution in [2.24, 2.45) is 4.99 Å². The fourth-order valence-electron chi connectivity index (χ4n) is 2.32. The Labute approximate surface area is 132 Å². The van der Waals surface area contributed by atoms with Crippen molar-refractivity contribution in [2.45, 2.75) is 6.92 Å². The third kappa shape index (κ3) is 2.94. The second-order valence-electron chi connectivity index (χ2n) is 5.04. The number of nitrogens with zero attached hydrogens (tertiary/aromatic N) is 1. The summed E-state index contributed by atoms with van der Waals surface area (Å²) in [6, 6.07) is 13.8. The zero-order valence-corrected chi connectivity index (χ0v) is 12.7. The van der Waals surface area contributed by atoms with Gasteiger partial charge in [0.15, 0.2) is 11.5 Å². The molecule has 5 heteroatoms. The van der Waals surface area contributed by atoms with Gasteiger partial charge in [0.25, 0.3) is 0 Å². The number of rotatable bonds is 3. The maximum atomic E-state index is 12.1. The Balaban J connectivity index is 2.05. The first-order valence-electron chi connectivity index (χ1n) is 7.04. The molecule has 0 aliphatic heterocycles. The molecule has 2 aromatic carbocycles. The van der Waals surface area contributed by atoms with E-state index in [1.165, 1.54) is 13.2 Å². The average Bonchev–Trinajstić information content (AvgIpc) is 2.54. The molecule has 1 heterocycles. The summed E-state index contributed by atoms with van der Waals surface area (Å²) in [5.74, 6) is 0.360. The minimum Gasteiger partial charge on any atom is -0.504 e. The number of benzene rings is 2. The number of methoxy groups -OCH3 is 1. The van der Waals surface area contributed by atoms with Crippen LogP contribution in [0.1, 0.15) is 12.5 Å². The first-order valence-corrected chi connectivity index (χ1v) is 7.04. The molecule has 0 saturated heterocycles.